The molecule has 4 heterocycles. The van der Waals surface area contributed by atoms with Gasteiger partial charge < -0.3 is 43.6 Å². The Hall–Kier alpha value is -4.38. The number of amides is 2. The number of hydrogen-bond acceptors (Lipinski definition) is 11. The number of carbonyl (C=O) groups is 3. The summed E-state index contributed by atoms with van der Waals surface area (Å²) in [6, 6.07) is 1.85. The number of nitrogens with zero attached hydrogens (tertiary/aromatic N) is 3. The van der Waals surface area contributed by atoms with E-state index in [0.29, 0.717) is 31.0 Å². The van der Waals surface area contributed by atoms with Crippen molar-refractivity contribution in [3.8, 4) is 5.75 Å². The zero-order chi connectivity index (χ0) is 36.8. The van der Waals surface area contributed by atoms with Crippen LogP contribution in [0.1, 0.15) is 86.3 Å². The van der Waals surface area contributed by atoms with E-state index < -0.39 is 90.9 Å². The molecule has 0 radical (unpaired) electrons. The van der Waals surface area contributed by atoms with Gasteiger partial charge in [-0.05, 0) is 53.5 Å². The molecule has 19 heteroatoms. The van der Waals surface area contributed by atoms with Crippen LogP contribution >= 0.6 is 7.82 Å². The summed E-state index contributed by atoms with van der Waals surface area (Å²) < 4.78 is 60.8. The molecule has 272 valence electrons. The van der Waals surface area contributed by atoms with Crippen LogP contribution in [-0.2, 0) is 29.9 Å². The Kier molecular flexibility index (Phi) is 10.1. The maximum Gasteiger partial charge on any atom is 0.511 e. The Bertz CT molecular complexity index is 1850. The van der Waals surface area contributed by atoms with E-state index >= 15 is 0 Å². The summed E-state index contributed by atoms with van der Waals surface area (Å²) >= 11 is 0. The summed E-state index contributed by atoms with van der Waals surface area (Å²) in [7, 11) is -4.93. The number of hydrogen-bond donors (Lipinski definition) is 3. The first-order valence-corrected chi connectivity index (χ1v) is 17.1. The molecule has 50 heavy (non-hydrogen) atoms. The second kappa shape index (κ2) is 13.7. The maximum absolute atomic E-state index is 14.3. The smallest absolute Gasteiger partial charge is 0.451 e. The van der Waals surface area contributed by atoms with Crippen LogP contribution in [0.5, 0.6) is 5.75 Å². The third-order valence-electron chi connectivity index (χ3n) is 9.12. The highest BCUT2D eigenvalue weighted by molar-refractivity contribution is 7.46. The largest absolute Gasteiger partial charge is 0.511 e. The van der Waals surface area contributed by atoms with Gasteiger partial charge in [0.05, 0.1) is 11.8 Å². The van der Waals surface area contributed by atoms with Gasteiger partial charge in [-0.1, -0.05) is 11.2 Å². The highest BCUT2D eigenvalue weighted by Crippen LogP contribution is 2.46. The quantitative estimate of drug-likeness (QED) is 0.183. The topological polar surface area (TPSA) is 205 Å². The van der Waals surface area contributed by atoms with Gasteiger partial charge in [0.1, 0.15) is 28.9 Å². The molecule has 1 saturated heterocycles. The molecule has 1 aromatic heterocycles. The van der Waals surface area contributed by atoms with Crippen molar-refractivity contribution in [1.82, 2.24) is 14.8 Å². The number of pyridine rings is 1. The van der Waals surface area contributed by atoms with Crippen LogP contribution in [0, 0.1) is 11.6 Å². The number of aromatic nitrogens is 1. The van der Waals surface area contributed by atoms with Crippen LogP contribution < -0.4 is 15.5 Å². The van der Waals surface area contributed by atoms with Crippen molar-refractivity contribution in [2.24, 2.45) is 5.16 Å². The van der Waals surface area contributed by atoms with E-state index in [2.05, 4.69) is 15.0 Å². The van der Waals surface area contributed by atoms with E-state index in [4.69, 9.17) is 28.8 Å². The molecule has 3 aliphatic rings. The summed E-state index contributed by atoms with van der Waals surface area (Å²) in [6.07, 6.45) is -0.0495. The fourth-order valence-electron chi connectivity index (χ4n) is 6.14. The summed E-state index contributed by atoms with van der Waals surface area (Å²) in [5, 5.41) is 6.60. The number of rotatable bonds is 10. The number of phosphoric acid groups is 1. The van der Waals surface area contributed by atoms with Gasteiger partial charge in [-0.2, -0.15) is 0 Å². The van der Waals surface area contributed by atoms with E-state index in [-0.39, 0.29) is 23.8 Å². The lowest BCUT2D eigenvalue weighted by molar-refractivity contribution is -0.0865. The molecule has 0 aliphatic carbocycles. The molecule has 2 bridgehead atoms. The Morgan fingerprint density at radius 3 is 2.62 bits per heavy atom. The molecule has 1 unspecified atom stereocenters. The van der Waals surface area contributed by atoms with Gasteiger partial charge in [0.15, 0.2) is 11.3 Å². The summed E-state index contributed by atoms with van der Waals surface area (Å²) in [5.41, 5.74) is -3.70. The lowest BCUT2D eigenvalue weighted by Gasteiger charge is -2.42. The van der Waals surface area contributed by atoms with Crippen molar-refractivity contribution in [3.63, 3.8) is 0 Å². The molecular weight excluding hydrogens is 689 g/mol. The van der Waals surface area contributed by atoms with Crippen LogP contribution in [-0.4, -0.2) is 79.6 Å². The number of carbonyl (C=O) groups excluding carboxylic acids is 3. The molecule has 16 nitrogen and oxygen atoms in total. The predicted octanol–water partition coefficient (Wildman–Crippen LogP) is 3.54. The zero-order valence-electron chi connectivity index (χ0n) is 27.8. The summed E-state index contributed by atoms with van der Waals surface area (Å²) in [6.45, 7) is 6.25. The number of ether oxygens (including phenoxy) is 3. The molecule has 2 amide bonds. The van der Waals surface area contributed by atoms with Gasteiger partial charge >= 0.3 is 14.0 Å². The molecule has 1 fully saturated rings. The van der Waals surface area contributed by atoms with Crippen molar-refractivity contribution in [2.75, 3.05) is 13.3 Å². The summed E-state index contributed by atoms with van der Waals surface area (Å²) in [5.74, 6) is -3.92. The van der Waals surface area contributed by atoms with Gasteiger partial charge in [-0.15, -0.1) is 0 Å². The molecule has 4 atom stereocenters. The Morgan fingerprint density at radius 2 is 1.98 bits per heavy atom. The molecular formula is C31H37F2N4O12P. The van der Waals surface area contributed by atoms with Crippen LogP contribution in [0.15, 0.2) is 34.3 Å². The first-order chi connectivity index (χ1) is 23.3. The van der Waals surface area contributed by atoms with E-state index in [0.717, 1.165) is 12.1 Å². The molecule has 2 aromatic rings. The lowest BCUT2D eigenvalue weighted by Crippen LogP contribution is -2.52. The average molecular weight is 727 g/mol. The van der Waals surface area contributed by atoms with E-state index in [1.165, 1.54) is 31.5 Å². The SMILES string of the molecule is CC1=NO[C@@]2(CC[C@H](C)N3C[C@H]2n2cc(C(=O)NCc4ccc(F)cc4F)c(=O)c(OCOC(=O)OC(C)(C)C(C)OP(=O)(O)O)c2C3=O)C1. The molecule has 1 aromatic carbocycles. The van der Waals surface area contributed by atoms with Crippen LogP contribution in [0.3, 0.4) is 0 Å². The molecule has 0 saturated carbocycles. The fourth-order valence-corrected chi connectivity index (χ4v) is 6.80. The number of phosphoric ester groups is 1. The van der Waals surface area contributed by atoms with Gasteiger partial charge in [0.2, 0.25) is 18.0 Å². The van der Waals surface area contributed by atoms with Crippen molar-refractivity contribution < 1.29 is 61.1 Å². The highest BCUT2D eigenvalue weighted by atomic mass is 31.2. The molecule has 5 rings (SSSR count). The number of nitrogens with one attached hydrogen (secondary N) is 1. The second-order valence-corrected chi connectivity index (χ2v) is 14.2. The maximum atomic E-state index is 14.3. The third-order valence-corrected chi connectivity index (χ3v) is 9.72. The lowest BCUT2D eigenvalue weighted by atomic mass is 9.84. The Labute approximate surface area is 284 Å². The predicted molar refractivity (Wildman–Crippen MR) is 168 cm³/mol. The normalized spacial score (nSPS) is 22.2. The minimum absolute atomic E-state index is 0.0564. The monoisotopic (exact) mass is 726 g/mol. The third kappa shape index (κ3) is 7.52. The average Bonchev–Trinajstić information content (AvgIpc) is 3.34. The van der Waals surface area contributed by atoms with Crippen molar-refractivity contribution in [2.45, 2.75) is 89.8 Å². The van der Waals surface area contributed by atoms with Crippen LogP contribution in [0.4, 0.5) is 13.6 Å². The van der Waals surface area contributed by atoms with Gasteiger partial charge in [-0.3, -0.25) is 18.9 Å². The van der Waals surface area contributed by atoms with Crippen LogP contribution in [0.25, 0.3) is 0 Å². The van der Waals surface area contributed by atoms with Crippen molar-refractivity contribution in [3.05, 3.63) is 63.1 Å². The van der Waals surface area contributed by atoms with Gasteiger partial charge in [-0.25, -0.2) is 18.1 Å². The van der Waals surface area contributed by atoms with E-state index in [1.54, 1.807) is 11.8 Å². The molecule has 1 spiro atoms. The first kappa shape index (κ1) is 36.9. The summed E-state index contributed by atoms with van der Waals surface area (Å²) in [4.78, 5) is 79.8. The number of halogens is 2. The van der Waals surface area contributed by atoms with Crippen LogP contribution in [0.2, 0.25) is 0 Å². The second-order valence-electron chi connectivity index (χ2n) is 13.0. The van der Waals surface area contributed by atoms with Gasteiger partial charge in [0, 0.05) is 43.4 Å². The van der Waals surface area contributed by atoms with E-state index in [1.807, 2.05) is 6.92 Å². The van der Waals surface area contributed by atoms with Crippen molar-refractivity contribution >= 4 is 31.5 Å². The minimum atomic E-state index is -4.93. The highest BCUT2D eigenvalue weighted by Gasteiger charge is 2.54. The van der Waals surface area contributed by atoms with Crippen molar-refractivity contribution in [1.29, 1.82) is 0 Å². The van der Waals surface area contributed by atoms with Gasteiger partial charge in [0.25, 0.3) is 11.8 Å². The molecule has 3 N–H and O–H groups in total. The number of benzene rings is 1. The molecule has 3 aliphatic heterocycles. The minimum Gasteiger partial charge on any atom is -0.451 e. The number of fused-ring (bicyclic) bond motifs is 5. The standard InChI is InChI=1S/C31H37F2N4O12P/c1-16-11-31(49-35-16)9-8-17(2)36-14-23(31)37-13-21(27(39)34-12-19-6-7-20(32)10-22(19)33)25(38)26(24(37)28(36)40)45-15-46-29(41)47-30(4,5)18(3)48-50(42,43)44/h6-7,10,13,17-18,23H,8-9,11-12,14-15H2,1-5H3,(H,34,39)(H2,42,43,44)/t17-,18?,23+,31-/m0/s1. The Balaban J connectivity index is 1.48. The Morgan fingerprint density at radius 1 is 1.26 bits per heavy atom. The fraction of sp³-hybridized carbons (Fsp3) is 0.516. The first-order valence-electron chi connectivity index (χ1n) is 15.6. The number of oxime groups is 1. The van der Waals surface area contributed by atoms with E-state index in [9.17, 15) is 32.5 Å². The zero-order valence-corrected chi connectivity index (χ0v) is 28.7.